The highest BCUT2D eigenvalue weighted by molar-refractivity contribution is 7.20. The van der Waals surface area contributed by atoms with E-state index in [1.54, 1.807) is 4.52 Å². The molecule has 0 aliphatic rings. The maximum Gasteiger partial charge on any atom is 0.236 e. The van der Waals surface area contributed by atoms with Gasteiger partial charge >= 0.3 is 0 Å². The highest BCUT2D eigenvalue weighted by atomic mass is 32.1. The topological polar surface area (TPSA) is 81.1 Å². The molecular weight excluding hydrogens is 236 g/mol. The van der Waals surface area contributed by atoms with E-state index in [1.807, 2.05) is 31.2 Å². The molecule has 2 aromatic heterocycles. The third-order valence-corrected chi connectivity index (χ3v) is 3.25. The predicted octanol–water partition coefficient (Wildman–Crippen LogP) is 1.45. The molecule has 0 amide bonds. The molecule has 0 bridgehead atoms. The summed E-state index contributed by atoms with van der Waals surface area (Å²) in [7, 11) is 0. The molecule has 86 valence electrons. The molecule has 6 nitrogen and oxygen atoms in total. The van der Waals surface area contributed by atoms with Crippen molar-refractivity contribution in [2.75, 3.05) is 5.43 Å². The lowest BCUT2D eigenvalue weighted by molar-refractivity contribution is 0.963. The Morgan fingerprint density at radius 2 is 2.00 bits per heavy atom. The Hall–Kier alpha value is -1.99. The second kappa shape index (κ2) is 3.79. The summed E-state index contributed by atoms with van der Waals surface area (Å²) in [4.78, 5) is 0.716. The molecule has 0 unspecified atom stereocenters. The highest BCUT2D eigenvalue weighted by Crippen LogP contribution is 2.23. The van der Waals surface area contributed by atoms with Crippen LogP contribution in [0.5, 0.6) is 0 Å². The van der Waals surface area contributed by atoms with E-state index in [1.165, 1.54) is 16.9 Å². The molecule has 0 saturated carbocycles. The summed E-state index contributed by atoms with van der Waals surface area (Å²) in [5.74, 6) is 6.04. The standard InChI is InChI=1S/C10H10N6S/c1-6-2-4-7(5-3-6)8-13-14-10-16(8)15-9(12-11)17-10/h2-5H,11H2,1H3,(H,12,15). The lowest BCUT2D eigenvalue weighted by Gasteiger charge is -1.97. The summed E-state index contributed by atoms with van der Waals surface area (Å²) >= 11 is 1.36. The number of aryl methyl sites for hydroxylation is 1. The third kappa shape index (κ3) is 1.65. The summed E-state index contributed by atoms with van der Waals surface area (Å²) in [6.07, 6.45) is 0. The van der Waals surface area contributed by atoms with Gasteiger partial charge in [0.25, 0.3) is 0 Å². The Labute approximate surface area is 101 Å². The lowest BCUT2D eigenvalue weighted by atomic mass is 10.1. The number of nitrogens with zero attached hydrogens (tertiary/aromatic N) is 4. The number of benzene rings is 1. The number of anilines is 1. The van der Waals surface area contributed by atoms with Crippen LogP contribution < -0.4 is 11.3 Å². The monoisotopic (exact) mass is 246 g/mol. The minimum atomic E-state index is 0.614. The molecule has 0 atom stereocenters. The van der Waals surface area contributed by atoms with Crippen LogP contribution in [0.25, 0.3) is 16.3 Å². The number of hydrogen-bond acceptors (Lipinski definition) is 6. The van der Waals surface area contributed by atoms with Gasteiger partial charge in [-0.1, -0.05) is 41.2 Å². The normalized spacial score (nSPS) is 10.9. The summed E-state index contributed by atoms with van der Waals surface area (Å²) in [5, 5.41) is 13.1. The van der Waals surface area contributed by atoms with Crippen LogP contribution in [0.3, 0.4) is 0 Å². The molecule has 1 aromatic carbocycles. The molecule has 7 heteroatoms. The summed E-state index contributed by atoms with van der Waals surface area (Å²) in [6, 6.07) is 8.07. The van der Waals surface area contributed by atoms with Gasteiger partial charge in [-0.15, -0.1) is 15.3 Å². The maximum atomic E-state index is 5.32. The van der Waals surface area contributed by atoms with Crippen molar-refractivity contribution in [2.24, 2.45) is 5.84 Å². The quantitative estimate of drug-likeness (QED) is 0.528. The van der Waals surface area contributed by atoms with Crippen LogP contribution in [0.4, 0.5) is 5.13 Å². The van der Waals surface area contributed by atoms with Crippen molar-refractivity contribution in [3.05, 3.63) is 29.8 Å². The molecule has 0 radical (unpaired) electrons. The van der Waals surface area contributed by atoms with Crippen molar-refractivity contribution >= 4 is 21.4 Å². The van der Waals surface area contributed by atoms with Gasteiger partial charge in [0.1, 0.15) is 0 Å². The molecule has 0 aliphatic carbocycles. The first-order valence-corrected chi connectivity index (χ1v) is 5.85. The Morgan fingerprint density at radius 3 is 2.71 bits per heavy atom. The zero-order valence-electron chi connectivity index (χ0n) is 9.08. The Balaban J connectivity index is 2.16. The average molecular weight is 246 g/mol. The van der Waals surface area contributed by atoms with Gasteiger partial charge in [-0.05, 0) is 6.92 Å². The highest BCUT2D eigenvalue weighted by Gasteiger charge is 2.12. The summed E-state index contributed by atoms with van der Waals surface area (Å²) < 4.78 is 1.69. The second-order valence-corrected chi connectivity index (χ2v) is 4.59. The van der Waals surface area contributed by atoms with E-state index in [0.717, 1.165) is 11.4 Å². The number of fused-ring (bicyclic) bond motifs is 1. The first kappa shape index (κ1) is 10.2. The molecule has 3 aromatic rings. The van der Waals surface area contributed by atoms with Gasteiger partial charge < -0.3 is 0 Å². The van der Waals surface area contributed by atoms with E-state index in [4.69, 9.17) is 5.84 Å². The fraction of sp³-hybridized carbons (Fsp3) is 0.100. The number of hydrogen-bond donors (Lipinski definition) is 2. The fourth-order valence-corrected chi connectivity index (χ4v) is 2.21. The van der Waals surface area contributed by atoms with Crippen molar-refractivity contribution in [2.45, 2.75) is 6.92 Å². The Bertz CT molecular complexity index is 653. The Kier molecular flexibility index (Phi) is 2.27. The zero-order valence-corrected chi connectivity index (χ0v) is 9.90. The van der Waals surface area contributed by atoms with Crippen LogP contribution in [-0.4, -0.2) is 19.8 Å². The third-order valence-electron chi connectivity index (χ3n) is 2.42. The van der Waals surface area contributed by atoms with E-state index < -0.39 is 0 Å². The molecular formula is C10H10N6S. The fourth-order valence-electron chi connectivity index (χ4n) is 1.56. The van der Waals surface area contributed by atoms with Crippen LogP contribution in [-0.2, 0) is 0 Å². The number of nitrogens with one attached hydrogen (secondary N) is 1. The van der Waals surface area contributed by atoms with E-state index in [0.29, 0.717) is 10.1 Å². The number of nitrogen functional groups attached to an aromatic ring is 1. The molecule has 0 fully saturated rings. The molecule has 0 aliphatic heterocycles. The second-order valence-electron chi connectivity index (χ2n) is 3.64. The van der Waals surface area contributed by atoms with Gasteiger partial charge in [0.2, 0.25) is 10.1 Å². The molecule has 17 heavy (non-hydrogen) atoms. The van der Waals surface area contributed by atoms with Crippen LogP contribution in [0.1, 0.15) is 5.56 Å². The number of rotatable bonds is 2. The van der Waals surface area contributed by atoms with E-state index in [9.17, 15) is 0 Å². The molecule has 0 saturated heterocycles. The number of nitrogens with two attached hydrogens (primary N) is 1. The van der Waals surface area contributed by atoms with Crippen molar-refractivity contribution in [3.8, 4) is 11.4 Å². The van der Waals surface area contributed by atoms with Crippen molar-refractivity contribution < 1.29 is 0 Å². The maximum absolute atomic E-state index is 5.32. The van der Waals surface area contributed by atoms with Gasteiger partial charge in [0, 0.05) is 5.56 Å². The van der Waals surface area contributed by atoms with E-state index in [-0.39, 0.29) is 0 Å². The van der Waals surface area contributed by atoms with Crippen LogP contribution in [0.2, 0.25) is 0 Å². The van der Waals surface area contributed by atoms with Gasteiger partial charge in [0.05, 0.1) is 0 Å². The lowest BCUT2D eigenvalue weighted by Crippen LogP contribution is -2.06. The number of aromatic nitrogens is 4. The minimum absolute atomic E-state index is 0.614. The van der Waals surface area contributed by atoms with E-state index >= 15 is 0 Å². The van der Waals surface area contributed by atoms with E-state index in [2.05, 4.69) is 20.7 Å². The zero-order chi connectivity index (χ0) is 11.8. The summed E-state index contributed by atoms with van der Waals surface area (Å²) in [5.41, 5.74) is 4.70. The Morgan fingerprint density at radius 1 is 1.24 bits per heavy atom. The van der Waals surface area contributed by atoms with Gasteiger partial charge in [0.15, 0.2) is 5.82 Å². The molecule has 0 spiro atoms. The smallest absolute Gasteiger partial charge is 0.236 e. The SMILES string of the molecule is Cc1ccc(-c2nnc3sc(NN)nn23)cc1. The van der Waals surface area contributed by atoms with Gasteiger partial charge in [-0.2, -0.15) is 4.52 Å². The van der Waals surface area contributed by atoms with Gasteiger partial charge in [-0.3, -0.25) is 5.43 Å². The average Bonchev–Trinajstić information content (AvgIpc) is 2.89. The summed E-state index contributed by atoms with van der Waals surface area (Å²) in [6.45, 7) is 2.04. The largest absolute Gasteiger partial charge is 0.298 e. The van der Waals surface area contributed by atoms with Crippen LogP contribution in [0.15, 0.2) is 24.3 Å². The van der Waals surface area contributed by atoms with Crippen LogP contribution in [0, 0.1) is 6.92 Å². The minimum Gasteiger partial charge on any atom is -0.298 e. The van der Waals surface area contributed by atoms with Crippen LogP contribution >= 0.6 is 11.3 Å². The van der Waals surface area contributed by atoms with Crippen molar-refractivity contribution in [3.63, 3.8) is 0 Å². The van der Waals surface area contributed by atoms with Gasteiger partial charge in [-0.25, -0.2) is 5.84 Å². The first-order valence-electron chi connectivity index (χ1n) is 5.04. The molecule has 2 heterocycles. The first-order chi connectivity index (χ1) is 8.28. The molecule has 3 rings (SSSR count). The van der Waals surface area contributed by atoms with Crippen molar-refractivity contribution in [1.29, 1.82) is 0 Å². The predicted molar refractivity (Wildman–Crippen MR) is 66.6 cm³/mol. The van der Waals surface area contributed by atoms with Crippen molar-refractivity contribution in [1.82, 2.24) is 19.8 Å². The molecule has 3 N–H and O–H groups in total. The number of hydrazine groups is 1.